The van der Waals surface area contributed by atoms with Crippen LogP contribution in [0.3, 0.4) is 0 Å². The van der Waals surface area contributed by atoms with Crippen molar-refractivity contribution in [2.75, 3.05) is 18.4 Å². The van der Waals surface area contributed by atoms with E-state index in [0.29, 0.717) is 0 Å². The highest BCUT2D eigenvalue weighted by Gasteiger charge is 2.38. The molecule has 1 unspecified atom stereocenters. The highest BCUT2D eigenvalue weighted by atomic mass is 16.3. The van der Waals surface area contributed by atoms with Crippen LogP contribution in [0.5, 0.6) is 5.75 Å². The van der Waals surface area contributed by atoms with Crippen LogP contribution in [-0.2, 0) is 4.79 Å². The number of phenols is 1. The number of rotatable bonds is 4. The highest BCUT2D eigenvalue weighted by molar-refractivity contribution is 5.95. The van der Waals surface area contributed by atoms with Crippen LogP contribution in [0, 0.1) is 5.41 Å². The van der Waals surface area contributed by atoms with Crippen molar-refractivity contribution in [3.8, 4) is 5.75 Å². The summed E-state index contributed by atoms with van der Waals surface area (Å²) in [7, 11) is 0. The molecule has 1 amide bonds. The van der Waals surface area contributed by atoms with E-state index in [1.165, 1.54) is 0 Å². The molecule has 104 valence electrons. The summed E-state index contributed by atoms with van der Waals surface area (Å²) in [5.41, 5.74) is 0.453. The molecule has 1 aliphatic heterocycles. The quantitative estimate of drug-likeness (QED) is 0.731. The fourth-order valence-electron chi connectivity index (χ4n) is 2.78. The van der Waals surface area contributed by atoms with Gasteiger partial charge in [-0.15, -0.1) is 0 Å². The molecule has 1 atom stereocenters. The van der Waals surface area contributed by atoms with E-state index in [2.05, 4.69) is 17.6 Å². The lowest BCUT2D eigenvalue weighted by molar-refractivity contribution is -0.127. The van der Waals surface area contributed by atoms with Gasteiger partial charge in [0.2, 0.25) is 5.91 Å². The van der Waals surface area contributed by atoms with Gasteiger partial charge in [0.15, 0.2) is 0 Å². The maximum absolute atomic E-state index is 12.6. The van der Waals surface area contributed by atoms with Crippen molar-refractivity contribution in [1.82, 2.24) is 5.32 Å². The molecule has 1 fully saturated rings. The molecule has 0 bridgehead atoms. The maximum Gasteiger partial charge on any atom is 0.231 e. The highest BCUT2D eigenvalue weighted by Crippen LogP contribution is 2.33. The van der Waals surface area contributed by atoms with Crippen LogP contribution in [0.1, 0.15) is 32.6 Å². The largest absolute Gasteiger partial charge is 0.508 e. The van der Waals surface area contributed by atoms with Crippen LogP contribution in [-0.4, -0.2) is 24.1 Å². The van der Waals surface area contributed by atoms with Crippen LogP contribution >= 0.6 is 0 Å². The summed E-state index contributed by atoms with van der Waals surface area (Å²) in [5, 5.41) is 15.6. The van der Waals surface area contributed by atoms with Crippen LogP contribution in [0.4, 0.5) is 5.69 Å². The van der Waals surface area contributed by atoms with Gasteiger partial charge < -0.3 is 15.7 Å². The number of nitrogens with one attached hydrogen (secondary N) is 2. The Kier molecular flexibility index (Phi) is 4.43. The minimum Gasteiger partial charge on any atom is -0.508 e. The molecule has 19 heavy (non-hydrogen) atoms. The molecular formula is C15H22N2O2. The number of hydrogen-bond acceptors (Lipinski definition) is 3. The molecule has 2 rings (SSSR count). The average Bonchev–Trinajstić information content (AvgIpc) is 2.43. The molecule has 1 aromatic carbocycles. The van der Waals surface area contributed by atoms with Gasteiger partial charge in [-0.2, -0.15) is 0 Å². The van der Waals surface area contributed by atoms with Gasteiger partial charge in [0.25, 0.3) is 0 Å². The second kappa shape index (κ2) is 6.06. The first-order chi connectivity index (χ1) is 9.16. The van der Waals surface area contributed by atoms with Crippen LogP contribution < -0.4 is 10.6 Å². The van der Waals surface area contributed by atoms with E-state index in [1.54, 1.807) is 24.3 Å². The summed E-state index contributed by atoms with van der Waals surface area (Å²) in [6.45, 7) is 3.87. The zero-order valence-corrected chi connectivity index (χ0v) is 11.4. The van der Waals surface area contributed by atoms with Crippen molar-refractivity contribution in [1.29, 1.82) is 0 Å². The standard InChI is InChI=1S/C15H22N2O2/c1-2-8-15(9-3-10-16-11-15)14(19)17-12-4-6-13(18)7-5-12/h4-7,16,18H,2-3,8-11H2,1H3,(H,17,19). The summed E-state index contributed by atoms with van der Waals surface area (Å²) in [4.78, 5) is 12.6. The predicted octanol–water partition coefficient (Wildman–Crippen LogP) is 2.50. The fourth-order valence-corrected chi connectivity index (χ4v) is 2.78. The number of anilines is 1. The average molecular weight is 262 g/mol. The lowest BCUT2D eigenvalue weighted by Gasteiger charge is -2.36. The Balaban J connectivity index is 2.09. The molecule has 1 heterocycles. The zero-order chi connectivity index (χ0) is 13.7. The third-order valence-electron chi connectivity index (χ3n) is 3.81. The van der Waals surface area contributed by atoms with Gasteiger partial charge in [0.1, 0.15) is 5.75 Å². The minimum atomic E-state index is -0.287. The lowest BCUT2D eigenvalue weighted by Crippen LogP contribution is -2.48. The fraction of sp³-hybridized carbons (Fsp3) is 0.533. The third-order valence-corrected chi connectivity index (χ3v) is 3.81. The van der Waals surface area contributed by atoms with Gasteiger partial charge in [-0.05, 0) is 50.1 Å². The molecule has 0 aromatic heterocycles. The van der Waals surface area contributed by atoms with Gasteiger partial charge in [-0.25, -0.2) is 0 Å². The number of amides is 1. The van der Waals surface area contributed by atoms with Crippen LogP contribution in [0.25, 0.3) is 0 Å². The number of aromatic hydroxyl groups is 1. The molecule has 4 heteroatoms. The molecule has 0 aliphatic carbocycles. The Morgan fingerprint density at radius 2 is 2.16 bits per heavy atom. The second-order valence-electron chi connectivity index (χ2n) is 5.31. The molecule has 0 radical (unpaired) electrons. The second-order valence-corrected chi connectivity index (χ2v) is 5.31. The Hall–Kier alpha value is -1.55. The topological polar surface area (TPSA) is 61.4 Å². The number of benzene rings is 1. The van der Waals surface area contributed by atoms with Crippen molar-refractivity contribution in [2.45, 2.75) is 32.6 Å². The van der Waals surface area contributed by atoms with Gasteiger partial charge in [0.05, 0.1) is 5.41 Å². The first-order valence-corrected chi connectivity index (χ1v) is 6.97. The van der Waals surface area contributed by atoms with Crippen LogP contribution in [0.2, 0.25) is 0 Å². The number of carbonyl (C=O) groups is 1. The molecule has 0 spiro atoms. The number of phenolic OH excluding ortho intramolecular Hbond substituents is 1. The van der Waals surface area contributed by atoms with Gasteiger partial charge in [-0.3, -0.25) is 4.79 Å². The molecule has 1 aliphatic rings. The van der Waals surface area contributed by atoms with Crippen molar-refractivity contribution in [2.24, 2.45) is 5.41 Å². The number of piperidine rings is 1. The Bertz CT molecular complexity index is 417. The summed E-state index contributed by atoms with van der Waals surface area (Å²) >= 11 is 0. The van der Waals surface area contributed by atoms with E-state index < -0.39 is 0 Å². The SMILES string of the molecule is CCCC1(C(=O)Nc2ccc(O)cc2)CCCNC1. The normalized spacial score (nSPS) is 23.0. The number of carbonyl (C=O) groups excluding carboxylic acids is 1. The minimum absolute atomic E-state index is 0.0900. The van der Waals surface area contributed by atoms with E-state index in [9.17, 15) is 9.90 Å². The molecule has 1 aromatic rings. The van der Waals surface area contributed by atoms with E-state index in [-0.39, 0.29) is 17.1 Å². The Labute approximate surface area is 114 Å². The molecular weight excluding hydrogens is 240 g/mol. The van der Waals surface area contributed by atoms with Crippen LogP contribution in [0.15, 0.2) is 24.3 Å². The van der Waals surface area contributed by atoms with E-state index in [4.69, 9.17) is 0 Å². The molecule has 3 N–H and O–H groups in total. The Morgan fingerprint density at radius 3 is 2.74 bits per heavy atom. The monoisotopic (exact) mass is 262 g/mol. The third kappa shape index (κ3) is 3.26. The smallest absolute Gasteiger partial charge is 0.231 e. The van der Waals surface area contributed by atoms with Crippen molar-refractivity contribution in [3.63, 3.8) is 0 Å². The summed E-state index contributed by atoms with van der Waals surface area (Å²) in [6, 6.07) is 6.62. The Morgan fingerprint density at radius 1 is 1.42 bits per heavy atom. The van der Waals surface area contributed by atoms with Crippen molar-refractivity contribution in [3.05, 3.63) is 24.3 Å². The van der Waals surface area contributed by atoms with Gasteiger partial charge in [0, 0.05) is 12.2 Å². The molecule has 1 saturated heterocycles. The molecule has 4 nitrogen and oxygen atoms in total. The first kappa shape index (κ1) is 13.9. The summed E-state index contributed by atoms with van der Waals surface area (Å²) in [5.74, 6) is 0.299. The number of hydrogen-bond donors (Lipinski definition) is 3. The van der Waals surface area contributed by atoms with Crippen molar-refractivity contribution >= 4 is 11.6 Å². The van der Waals surface area contributed by atoms with Gasteiger partial charge in [-0.1, -0.05) is 13.3 Å². The van der Waals surface area contributed by atoms with E-state index in [1.807, 2.05) is 0 Å². The van der Waals surface area contributed by atoms with Crippen molar-refractivity contribution < 1.29 is 9.90 Å². The predicted molar refractivity (Wildman–Crippen MR) is 76.2 cm³/mol. The maximum atomic E-state index is 12.6. The van der Waals surface area contributed by atoms with E-state index >= 15 is 0 Å². The summed E-state index contributed by atoms with van der Waals surface area (Å²) in [6.07, 6.45) is 3.90. The van der Waals surface area contributed by atoms with E-state index in [0.717, 1.165) is 44.5 Å². The summed E-state index contributed by atoms with van der Waals surface area (Å²) < 4.78 is 0. The van der Waals surface area contributed by atoms with Gasteiger partial charge >= 0.3 is 0 Å². The zero-order valence-electron chi connectivity index (χ0n) is 11.4. The first-order valence-electron chi connectivity index (χ1n) is 6.97. The molecule has 0 saturated carbocycles. The lowest BCUT2D eigenvalue weighted by atomic mass is 9.76.